The van der Waals surface area contributed by atoms with E-state index >= 15 is 0 Å². The Labute approximate surface area is 115 Å². The van der Waals surface area contributed by atoms with Gasteiger partial charge in [-0.25, -0.2) is 4.39 Å². The van der Waals surface area contributed by atoms with Crippen molar-refractivity contribution in [1.29, 1.82) is 0 Å². The maximum absolute atomic E-state index is 13.4. The van der Waals surface area contributed by atoms with Crippen molar-refractivity contribution in [3.63, 3.8) is 0 Å². The minimum Gasteiger partial charge on any atom is -0.381 e. The highest BCUT2D eigenvalue weighted by Gasteiger charge is 2.22. The molecule has 0 saturated carbocycles. The minimum absolute atomic E-state index is 0. The van der Waals surface area contributed by atoms with Crippen molar-refractivity contribution in [2.24, 2.45) is 11.7 Å². The van der Waals surface area contributed by atoms with Crippen LogP contribution < -0.4 is 5.73 Å². The Morgan fingerprint density at radius 3 is 2.59 bits per heavy atom. The molecule has 0 bridgehead atoms. The highest BCUT2D eigenvalue weighted by atomic mass is 79.9. The molecule has 0 unspecified atom stereocenters. The van der Waals surface area contributed by atoms with Crippen LogP contribution >= 0.6 is 28.3 Å². The molecule has 2 nitrogen and oxygen atoms in total. The average molecular weight is 325 g/mol. The highest BCUT2D eigenvalue weighted by molar-refractivity contribution is 9.10. The third kappa shape index (κ3) is 3.65. The largest absolute Gasteiger partial charge is 0.381 e. The maximum Gasteiger partial charge on any atom is 0.137 e. The van der Waals surface area contributed by atoms with Crippen LogP contribution in [-0.4, -0.2) is 13.2 Å². The monoisotopic (exact) mass is 323 g/mol. The van der Waals surface area contributed by atoms with E-state index in [1.807, 2.05) is 6.07 Å². The molecular weight excluding hydrogens is 308 g/mol. The Morgan fingerprint density at radius 2 is 2.00 bits per heavy atom. The first kappa shape index (κ1) is 14.9. The van der Waals surface area contributed by atoms with Gasteiger partial charge in [-0.15, -0.1) is 12.4 Å². The van der Waals surface area contributed by atoms with E-state index in [1.54, 1.807) is 6.07 Å². The van der Waals surface area contributed by atoms with Gasteiger partial charge in [0.25, 0.3) is 0 Å². The SMILES string of the molecule is Cl.N[C@H](c1ccc(Br)c(F)c1)C1CCOCC1. The second kappa shape index (κ2) is 6.69. The molecule has 1 atom stereocenters. The fourth-order valence-corrected chi connectivity index (χ4v) is 2.31. The summed E-state index contributed by atoms with van der Waals surface area (Å²) in [6, 6.07) is 5.02. The Kier molecular flexibility index (Phi) is 5.86. The lowest BCUT2D eigenvalue weighted by Crippen LogP contribution is -2.27. The number of hydrogen-bond donors (Lipinski definition) is 1. The van der Waals surface area contributed by atoms with Crippen molar-refractivity contribution in [2.75, 3.05) is 13.2 Å². The van der Waals surface area contributed by atoms with Crippen LogP contribution in [0.3, 0.4) is 0 Å². The topological polar surface area (TPSA) is 35.2 Å². The molecule has 96 valence electrons. The Bertz CT molecular complexity index is 372. The molecule has 0 aromatic heterocycles. The first-order chi connectivity index (χ1) is 7.68. The van der Waals surface area contributed by atoms with E-state index in [-0.39, 0.29) is 24.3 Å². The summed E-state index contributed by atoms with van der Waals surface area (Å²) in [6.45, 7) is 1.52. The molecule has 0 spiro atoms. The first-order valence-electron chi connectivity index (χ1n) is 5.47. The average Bonchev–Trinajstić information content (AvgIpc) is 2.33. The summed E-state index contributed by atoms with van der Waals surface area (Å²) in [5, 5.41) is 0. The molecule has 0 aliphatic carbocycles. The molecule has 2 rings (SSSR count). The van der Waals surface area contributed by atoms with Crippen LogP contribution in [0.5, 0.6) is 0 Å². The van der Waals surface area contributed by atoms with Crippen molar-refractivity contribution in [3.8, 4) is 0 Å². The standard InChI is InChI=1S/C12H15BrFNO.ClH/c13-10-2-1-9(7-11(10)14)12(15)8-3-5-16-6-4-8;/h1-2,7-8,12H,3-6,15H2;1H/t12-;/m0./s1. The molecule has 1 aliphatic rings. The number of halogens is 3. The zero-order valence-electron chi connectivity index (χ0n) is 9.36. The van der Waals surface area contributed by atoms with Gasteiger partial charge in [-0.1, -0.05) is 6.07 Å². The number of ether oxygens (including phenoxy) is 1. The summed E-state index contributed by atoms with van der Waals surface area (Å²) < 4.78 is 19.2. The van der Waals surface area contributed by atoms with Crippen molar-refractivity contribution < 1.29 is 9.13 Å². The van der Waals surface area contributed by atoms with E-state index in [0.717, 1.165) is 31.6 Å². The van der Waals surface area contributed by atoms with Crippen molar-refractivity contribution in [3.05, 3.63) is 34.1 Å². The number of rotatable bonds is 2. The summed E-state index contributed by atoms with van der Waals surface area (Å²) in [4.78, 5) is 0. The summed E-state index contributed by atoms with van der Waals surface area (Å²) in [5.41, 5.74) is 7.02. The molecule has 5 heteroatoms. The van der Waals surface area contributed by atoms with Crippen LogP contribution in [0, 0.1) is 11.7 Å². The molecule has 2 N–H and O–H groups in total. The molecule has 1 saturated heterocycles. The molecular formula is C12H16BrClFNO. The lowest BCUT2D eigenvalue weighted by atomic mass is 9.88. The van der Waals surface area contributed by atoms with Gasteiger partial charge in [0.2, 0.25) is 0 Å². The predicted molar refractivity (Wildman–Crippen MR) is 71.8 cm³/mol. The second-order valence-electron chi connectivity index (χ2n) is 4.15. The quantitative estimate of drug-likeness (QED) is 0.904. The number of nitrogens with two attached hydrogens (primary N) is 1. The van der Waals surface area contributed by atoms with Gasteiger partial charge in [0.15, 0.2) is 0 Å². The van der Waals surface area contributed by atoms with Crippen LogP contribution in [0.2, 0.25) is 0 Å². The van der Waals surface area contributed by atoms with Gasteiger partial charge >= 0.3 is 0 Å². The van der Waals surface area contributed by atoms with Crippen molar-refractivity contribution in [1.82, 2.24) is 0 Å². The van der Waals surface area contributed by atoms with E-state index in [1.165, 1.54) is 6.07 Å². The van der Waals surface area contributed by atoms with Gasteiger partial charge in [0.1, 0.15) is 5.82 Å². The zero-order chi connectivity index (χ0) is 11.5. The molecule has 0 radical (unpaired) electrons. The van der Waals surface area contributed by atoms with Crippen molar-refractivity contribution >= 4 is 28.3 Å². The smallest absolute Gasteiger partial charge is 0.137 e. The fourth-order valence-electron chi connectivity index (χ4n) is 2.07. The Hall–Kier alpha value is -0.160. The van der Waals surface area contributed by atoms with Gasteiger partial charge in [-0.3, -0.25) is 0 Å². The van der Waals surface area contributed by atoms with Crippen LogP contribution in [0.15, 0.2) is 22.7 Å². The van der Waals surface area contributed by atoms with Gasteiger partial charge in [-0.2, -0.15) is 0 Å². The molecule has 1 aromatic carbocycles. The fraction of sp³-hybridized carbons (Fsp3) is 0.500. The van der Waals surface area contributed by atoms with Crippen molar-refractivity contribution in [2.45, 2.75) is 18.9 Å². The summed E-state index contributed by atoms with van der Waals surface area (Å²) in [6.07, 6.45) is 1.91. The van der Waals surface area contributed by atoms with Crippen LogP contribution in [0.4, 0.5) is 4.39 Å². The van der Waals surface area contributed by atoms with E-state index in [2.05, 4.69) is 15.9 Å². The summed E-state index contributed by atoms with van der Waals surface area (Å²) in [7, 11) is 0. The van der Waals surface area contributed by atoms with Gasteiger partial charge in [0, 0.05) is 19.3 Å². The molecule has 1 fully saturated rings. The van der Waals surface area contributed by atoms with Gasteiger partial charge in [0.05, 0.1) is 4.47 Å². The number of benzene rings is 1. The molecule has 1 aliphatic heterocycles. The van der Waals surface area contributed by atoms with Gasteiger partial charge < -0.3 is 10.5 Å². The third-order valence-electron chi connectivity index (χ3n) is 3.10. The summed E-state index contributed by atoms with van der Waals surface area (Å²) in [5.74, 6) is 0.148. The highest BCUT2D eigenvalue weighted by Crippen LogP contribution is 2.29. The van der Waals surface area contributed by atoms with Gasteiger partial charge in [-0.05, 0) is 52.4 Å². The molecule has 0 amide bonds. The van der Waals surface area contributed by atoms with E-state index in [0.29, 0.717) is 10.4 Å². The van der Waals surface area contributed by atoms with E-state index < -0.39 is 0 Å². The second-order valence-corrected chi connectivity index (χ2v) is 5.00. The van der Waals surface area contributed by atoms with E-state index in [4.69, 9.17) is 10.5 Å². The summed E-state index contributed by atoms with van der Waals surface area (Å²) >= 11 is 3.14. The predicted octanol–water partition coefficient (Wildman–Crippen LogP) is 3.44. The third-order valence-corrected chi connectivity index (χ3v) is 3.75. The molecule has 1 heterocycles. The molecule has 1 aromatic rings. The lowest BCUT2D eigenvalue weighted by Gasteiger charge is -2.27. The maximum atomic E-state index is 13.4. The van der Waals surface area contributed by atoms with Crippen LogP contribution in [0.25, 0.3) is 0 Å². The minimum atomic E-state index is -0.250. The Morgan fingerprint density at radius 1 is 1.35 bits per heavy atom. The Balaban J connectivity index is 0.00000144. The number of hydrogen-bond acceptors (Lipinski definition) is 2. The van der Waals surface area contributed by atoms with E-state index in [9.17, 15) is 4.39 Å². The van der Waals surface area contributed by atoms with Crippen LogP contribution in [-0.2, 0) is 4.74 Å². The molecule has 17 heavy (non-hydrogen) atoms. The van der Waals surface area contributed by atoms with Crippen LogP contribution in [0.1, 0.15) is 24.4 Å². The zero-order valence-corrected chi connectivity index (χ0v) is 11.8. The first-order valence-corrected chi connectivity index (χ1v) is 6.26. The normalized spacial score (nSPS) is 18.5. The lowest BCUT2D eigenvalue weighted by molar-refractivity contribution is 0.0583.